The van der Waals surface area contributed by atoms with E-state index in [0.717, 1.165) is 24.4 Å². The molecule has 2 aromatic carbocycles. The van der Waals surface area contributed by atoms with E-state index in [1.165, 1.54) is 10.8 Å². The fourth-order valence-corrected chi connectivity index (χ4v) is 4.90. The molecule has 2 nitrogen and oxygen atoms in total. The van der Waals surface area contributed by atoms with Gasteiger partial charge < -0.3 is 8.85 Å². The van der Waals surface area contributed by atoms with E-state index in [4.69, 9.17) is 8.85 Å². The molecular formula is C18H26O2Si. The fraction of sp³-hybridized carbons (Fsp3) is 0.444. The van der Waals surface area contributed by atoms with Gasteiger partial charge in [-0.2, -0.15) is 0 Å². The molecule has 0 N–H and O–H groups in total. The summed E-state index contributed by atoms with van der Waals surface area (Å²) in [5.74, 6) is 1.50. The van der Waals surface area contributed by atoms with Crippen LogP contribution in [0.4, 0.5) is 0 Å². The molecule has 0 amide bonds. The van der Waals surface area contributed by atoms with E-state index in [1.807, 2.05) is 0 Å². The Morgan fingerprint density at radius 1 is 0.952 bits per heavy atom. The van der Waals surface area contributed by atoms with Crippen LogP contribution in [0.5, 0.6) is 5.75 Å². The zero-order valence-corrected chi connectivity index (χ0v) is 14.6. The Labute approximate surface area is 129 Å². The summed E-state index contributed by atoms with van der Waals surface area (Å²) in [6.07, 6.45) is 0. The van der Waals surface area contributed by atoms with Crippen molar-refractivity contribution in [3.63, 3.8) is 0 Å². The van der Waals surface area contributed by atoms with E-state index in [0.29, 0.717) is 5.92 Å². The lowest BCUT2D eigenvalue weighted by molar-refractivity contribution is 0.208. The Hall–Kier alpha value is -1.32. The third kappa shape index (κ3) is 3.86. The molecule has 114 valence electrons. The molecule has 2 rings (SSSR count). The molecule has 0 fully saturated rings. The molecule has 0 aliphatic carbocycles. The minimum atomic E-state index is -2.16. The van der Waals surface area contributed by atoms with Crippen molar-refractivity contribution in [2.45, 2.75) is 39.8 Å². The summed E-state index contributed by atoms with van der Waals surface area (Å²) < 4.78 is 12.7. The Bertz CT molecular complexity index is 571. The average Bonchev–Trinajstić information content (AvgIpc) is 2.51. The van der Waals surface area contributed by atoms with Gasteiger partial charge in [0.1, 0.15) is 5.75 Å². The van der Waals surface area contributed by atoms with Crippen molar-refractivity contribution in [3.8, 4) is 5.75 Å². The molecule has 0 bridgehead atoms. The molecule has 0 spiro atoms. The van der Waals surface area contributed by atoms with Gasteiger partial charge in [0.05, 0.1) is 0 Å². The van der Waals surface area contributed by atoms with Crippen LogP contribution >= 0.6 is 0 Å². The van der Waals surface area contributed by atoms with Crippen LogP contribution in [0.3, 0.4) is 0 Å². The highest BCUT2D eigenvalue weighted by Crippen LogP contribution is 2.30. The van der Waals surface area contributed by atoms with E-state index < -0.39 is 8.56 Å². The number of fused-ring (bicyclic) bond motifs is 1. The van der Waals surface area contributed by atoms with Gasteiger partial charge in [-0.15, -0.1) is 0 Å². The molecule has 0 aromatic heterocycles. The first kappa shape index (κ1) is 16.1. The van der Waals surface area contributed by atoms with Gasteiger partial charge in [0.2, 0.25) is 0 Å². The zero-order chi connectivity index (χ0) is 15.3. The molecule has 0 unspecified atom stereocenters. The second kappa shape index (κ2) is 7.10. The van der Waals surface area contributed by atoms with Crippen molar-refractivity contribution in [2.24, 2.45) is 5.92 Å². The lowest BCUT2D eigenvalue weighted by atomic mass is 10.1. The van der Waals surface area contributed by atoms with Crippen LogP contribution in [0.25, 0.3) is 10.8 Å². The minimum absolute atomic E-state index is 0.533. The van der Waals surface area contributed by atoms with Crippen molar-refractivity contribution in [1.82, 2.24) is 0 Å². The topological polar surface area (TPSA) is 18.5 Å². The molecule has 0 aliphatic rings. The maximum atomic E-state index is 6.48. The fourth-order valence-electron chi connectivity index (χ4n) is 2.43. The van der Waals surface area contributed by atoms with Crippen molar-refractivity contribution >= 4 is 19.3 Å². The summed E-state index contributed by atoms with van der Waals surface area (Å²) in [5, 5.41) is 2.39. The summed E-state index contributed by atoms with van der Waals surface area (Å²) in [5.41, 5.74) is 0. The zero-order valence-electron chi connectivity index (χ0n) is 13.6. The Morgan fingerprint density at radius 2 is 1.62 bits per heavy atom. The molecule has 0 saturated carbocycles. The van der Waals surface area contributed by atoms with Gasteiger partial charge in [-0.05, 0) is 29.5 Å². The first-order valence-corrected chi connectivity index (χ1v) is 10.1. The SMILES string of the molecule is CC[Si](CC)(OCC(C)C)Oc1cccc2ccccc12. The molecule has 21 heavy (non-hydrogen) atoms. The maximum absolute atomic E-state index is 6.48. The summed E-state index contributed by atoms with van der Waals surface area (Å²) in [6, 6.07) is 16.6. The second-order valence-electron chi connectivity index (χ2n) is 5.90. The maximum Gasteiger partial charge on any atom is 0.398 e. The second-order valence-corrected chi connectivity index (χ2v) is 9.63. The number of hydrogen-bond donors (Lipinski definition) is 0. The van der Waals surface area contributed by atoms with Gasteiger partial charge in [0.15, 0.2) is 0 Å². The first-order valence-electron chi connectivity index (χ1n) is 7.91. The van der Waals surface area contributed by atoms with Crippen LogP contribution < -0.4 is 4.43 Å². The third-order valence-electron chi connectivity index (χ3n) is 3.80. The van der Waals surface area contributed by atoms with E-state index in [1.54, 1.807) is 0 Å². The quantitative estimate of drug-likeness (QED) is 0.640. The van der Waals surface area contributed by atoms with Crippen LogP contribution in [0.2, 0.25) is 12.1 Å². The highest BCUT2D eigenvalue weighted by Gasteiger charge is 2.36. The van der Waals surface area contributed by atoms with Crippen LogP contribution in [0.15, 0.2) is 42.5 Å². The molecule has 0 aliphatic heterocycles. The molecular weight excluding hydrogens is 276 g/mol. The molecule has 0 saturated heterocycles. The summed E-state index contributed by atoms with van der Waals surface area (Å²) in [4.78, 5) is 0. The monoisotopic (exact) mass is 302 g/mol. The van der Waals surface area contributed by atoms with Crippen molar-refractivity contribution < 1.29 is 8.85 Å². The van der Waals surface area contributed by atoms with Gasteiger partial charge in [-0.25, -0.2) is 0 Å². The molecule has 0 radical (unpaired) electrons. The Kier molecular flexibility index (Phi) is 5.43. The lowest BCUT2D eigenvalue weighted by Gasteiger charge is -2.30. The minimum Gasteiger partial charge on any atom is -0.520 e. The van der Waals surface area contributed by atoms with Gasteiger partial charge in [0, 0.05) is 12.0 Å². The van der Waals surface area contributed by atoms with Crippen molar-refractivity contribution in [3.05, 3.63) is 42.5 Å². The summed E-state index contributed by atoms with van der Waals surface area (Å²) in [6.45, 7) is 9.51. The highest BCUT2D eigenvalue weighted by molar-refractivity contribution is 6.68. The Morgan fingerprint density at radius 3 is 2.29 bits per heavy atom. The number of rotatable bonds is 7. The van der Waals surface area contributed by atoms with Crippen molar-refractivity contribution in [2.75, 3.05) is 6.61 Å². The lowest BCUT2D eigenvalue weighted by Crippen LogP contribution is -2.45. The van der Waals surface area contributed by atoms with Gasteiger partial charge in [0.25, 0.3) is 0 Å². The van der Waals surface area contributed by atoms with Gasteiger partial charge in [-0.3, -0.25) is 0 Å². The van der Waals surface area contributed by atoms with E-state index >= 15 is 0 Å². The molecule has 2 aromatic rings. The third-order valence-corrected chi connectivity index (χ3v) is 7.24. The summed E-state index contributed by atoms with van der Waals surface area (Å²) >= 11 is 0. The molecule has 3 heteroatoms. The van der Waals surface area contributed by atoms with Crippen LogP contribution in [-0.2, 0) is 4.43 Å². The molecule has 0 atom stereocenters. The predicted molar refractivity (Wildman–Crippen MR) is 92.1 cm³/mol. The Balaban J connectivity index is 2.30. The van der Waals surface area contributed by atoms with E-state index in [-0.39, 0.29) is 0 Å². The van der Waals surface area contributed by atoms with Crippen LogP contribution in [0.1, 0.15) is 27.7 Å². The average molecular weight is 302 g/mol. The van der Waals surface area contributed by atoms with E-state index in [9.17, 15) is 0 Å². The number of hydrogen-bond acceptors (Lipinski definition) is 2. The summed E-state index contributed by atoms with van der Waals surface area (Å²) in [7, 11) is -2.16. The standard InChI is InChI=1S/C18H26O2Si/c1-5-21(6-2,19-14-15(3)4)20-18-13-9-11-16-10-7-8-12-17(16)18/h7-13,15H,5-6,14H2,1-4H3. The van der Waals surface area contributed by atoms with E-state index in [2.05, 4.69) is 70.2 Å². The van der Waals surface area contributed by atoms with Crippen LogP contribution in [0, 0.1) is 5.92 Å². The van der Waals surface area contributed by atoms with Crippen molar-refractivity contribution in [1.29, 1.82) is 0 Å². The molecule has 0 heterocycles. The smallest absolute Gasteiger partial charge is 0.398 e. The largest absolute Gasteiger partial charge is 0.520 e. The van der Waals surface area contributed by atoms with Gasteiger partial charge >= 0.3 is 8.56 Å². The normalized spacial score (nSPS) is 12.0. The van der Waals surface area contributed by atoms with Gasteiger partial charge in [-0.1, -0.05) is 64.1 Å². The first-order chi connectivity index (χ1) is 10.1. The number of benzene rings is 2. The predicted octanol–water partition coefficient (Wildman–Crippen LogP) is 5.37. The highest BCUT2D eigenvalue weighted by atomic mass is 28.4. The van der Waals surface area contributed by atoms with Crippen LogP contribution in [-0.4, -0.2) is 15.2 Å².